The molecule has 0 aromatic rings. The van der Waals surface area contributed by atoms with Gasteiger partial charge in [-0.15, -0.1) is 0 Å². The van der Waals surface area contributed by atoms with E-state index in [1.807, 2.05) is 0 Å². The van der Waals surface area contributed by atoms with Crippen LogP contribution in [-0.2, 0) is 9.53 Å². The molecule has 1 N–H and O–H groups in total. The first-order valence-electron chi connectivity index (χ1n) is 7.89. The molecule has 2 unspecified atom stereocenters. The van der Waals surface area contributed by atoms with Crippen LogP contribution in [0.4, 0.5) is 26.3 Å². The molecule has 25 heavy (non-hydrogen) atoms. The fourth-order valence-corrected chi connectivity index (χ4v) is 2.04. The van der Waals surface area contributed by atoms with Gasteiger partial charge in [0, 0.05) is 6.42 Å². The number of esters is 1. The van der Waals surface area contributed by atoms with E-state index in [0.717, 1.165) is 0 Å². The number of hydrogen-bond acceptors (Lipinski definition) is 3. The van der Waals surface area contributed by atoms with E-state index in [0.29, 0.717) is 0 Å². The Hall–Kier alpha value is -0.990. The van der Waals surface area contributed by atoms with Crippen molar-refractivity contribution in [2.75, 3.05) is 0 Å². The maximum atomic E-state index is 12.9. The summed E-state index contributed by atoms with van der Waals surface area (Å²) < 4.78 is 82.2. The molecule has 150 valence electrons. The number of carbonyl (C=O) groups is 1. The van der Waals surface area contributed by atoms with Gasteiger partial charge >= 0.3 is 18.3 Å². The normalized spacial score (nSPS) is 16.7. The highest BCUT2D eigenvalue weighted by atomic mass is 19.4. The molecule has 0 bridgehead atoms. The smallest absolute Gasteiger partial charge is 0.426 e. The lowest BCUT2D eigenvalue weighted by atomic mass is 9.82. The quantitative estimate of drug-likeness (QED) is 0.528. The summed E-state index contributed by atoms with van der Waals surface area (Å²) in [6.45, 7) is 9.69. The highest BCUT2D eigenvalue weighted by Gasteiger charge is 2.70. The van der Waals surface area contributed by atoms with Gasteiger partial charge < -0.3 is 9.84 Å². The minimum absolute atomic E-state index is 0.239. The second-order valence-electron chi connectivity index (χ2n) is 7.84. The Bertz CT molecular complexity index is 434. The minimum atomic E-state index is -5.94. The Labute approximate surface area is 143 Å². The topological polar surface area (TPSA) is 46.5 Å². The lowest BCUT2D eigenvalue weighted by Gasteiger charge is -2.36. The average molecular weight is 380 g/mol. The van der Waals surface area contributed by atoms with Crippen LogP contribution < -0.4 is 0 Å². The van der Waals surface area contributed by atoms with Crippen LogP contribution >= 0.6 is 0 Å². The van der Waals surface area contributed by atoms with Crippen LogP contribution in [0, 0.1) is 17.3 Å². The monoisotopic (exact) mass is 380 g/mol. The van der Waals surface area contributed by atoms with Gasteiger partial charge in [0.05, 0.1) is 5.92 Å². The third-order valence-corrected chi connectivity index (χ3v) is 4.13. The summed E-state index contributed by atoms with van der Waals surface area (Å²) in [6.07, 6.45) is -15.6. The molecule has 0 heterocycles. The lowest BCUT2D eigenvalue weighted by molar-refractivity contribution is -0.374. The van der Waals surface area contributed by atoms with E-state index in [2.05, 4.69) is 0 Å². The SMILES string of the molecule is CC(C)CC(CC(O)(C(F)(F)F)C(F)(F)F)OC(=O)C(C)C(C)(C)C. The molecular weight excluding hydrogens is 354 g/mol. The molecule has 0 aliphatic carbocycles. The summed E-state index contributed by atoms with van der Waals surface area (Å²) in [5.41, 5.74) is -5.52. The zero-order chi connectivity index (χ0) is 20.4. The third kappa shape index (κ3) is 6.34. The van der Waals surface area contributed by atoms with Gasteiger partial charge in [-0.25, -0.2) is 0 Å². The van der Waals surface area contributed by atoms with Crippen molar-refractivity contribution in [3.63, 3.8) is 0 Å². The number of rotatable bonds is 6. The van der Waals surface area contributed by atoms with Crippen LogP contribution in [0.5, 0.6) is 0 Å². The van der Waals surface area contributed by atoms with E-state index < -0.39 is 47.8 Å². The van der Waals surface area contributed by atoms with E-state index in [4.69, 9.17) is 4.74 Å². The molecule has 0 saturated heterocycles. The van der Waals surface area contributed by atoms with E-state index in [1.54, 1.807) is 34.6 Å². The van der Waals surface area contributed by atoms with Gasteiger partial charge in [0.1, 0.15) is 6.10 Å². The highest BCUT2D eigenvalue weighted by molar-refractivity contribution is 5.73. The van der Waals surface area contributed by atoms with E-state index in [1.165, 1.54) is 6.92 Å². The summed E-state index contributed by atoms with van der Waals surface area (Å²) in [5, 5.41) is 9.34. The zero-order valence-electron chi connectivity index (χ0n) is 15.2. The second kappa shape index (κ2) is 7.72. The largest absolute Gasteiger partial charge is 0.462 e. The highest BCUT2D eigenvalue weighted by Crippen LogP contribution is 2.46. The van der Waals surface area contributed by atoms with Crippen LogP contribution in [0.2, 0.25) is 0 Å². The van der Waals surface area contributed by atoms with Crippen molar-refractivity contribution in [3.8, 4) is 0 Å². The predicted molar refractivity (Wildman–Crippen MR) is 79.6 cm³/mol. The third-order valence-electron chi connectivity index (χ3n) is 4.13. The summed E-state index contributed by atoms with van der Waals surface area (Å²) in [7, 11) is 0. The number of ether oxygens (including phenoxy) is 1. The first-order chi connectivity index (χ1) is 10.8. The Balaban J connectivity index is 5.58. The van der Waals surface area contributed by atoms with Gasteiger partial charge in [0.2, 0.25) is 0 Å². The van der Waals surface area contributed by atoms with Crippen LogP contribution in [0.3, 0.4) is 0 Å². The van der Waals surface area contributed by atoms with Gasteiger partial charge in [0.15, 0.2) is 0 Å². The fraction of sp³-hybridized carbons (Fsp3) is 0.938. The van der Waals surface area contributed by atoms with Crippen molar-refractivity contribution in [2.24, 2.45) is 17.3 Å². The van der Waals surface area contributed by atoms with Gasteiger partial charge in [-0.1, -0.05) is 41.5 Å². The molecule has 3 nitrogen and oxygen atoms in total. The molecule has 0 amide bonds. The summed E-state index contributed by atoms with van der Waals surface area (Å²) in [4.78, 5) is 12.1. The Morgan fingerprint density at radius 2 is 1.36 bits per heavy atom. The molecule has 0 spiro atoms. The maximum Gasteiger partial charge on any atom is 0.426 e. The predicted octanol–water partition coefficient (Wildman–Crippen LogP) is 4.87. The van der Waals surface area contributed by atoms with E-state index in [-0.39, 0.29) is 12.3 Å². The Morgan fingerprint density at radius 3 is 1.64 bits per heavy atom. The summed E-state index contributed by atoms with van der Waals surface area (Å²) in [5.74, 6) is -1.98. The molecule has 0 saturated carbocycles. The van der Waals surface area contributed by atoms with Gasteiger partial charge in [-0.05, 0) is 17.8 Å². The number of aliphatic hydroxyl groups is 1. The molecule has 0 fully saturated rings. The van der Waals surface area contributed by atoms with Gasteiger partial charge in [0.25, 0.3) is 5.60 Å². The fourth-order valence-electron chi connectivity index (χ4n) is 2.04. The molecule has 0 radical (unpaired) electrons. The molecule has 0 rings (SSSR count). The number of carbonyl (C=O) groups excluding carboxylic acids is 1. The van der Waals surface area contributed by atoms with Crippen molar-refractivity contribution in [1.82, 2.24) is 0 Å². The maximum absolute atomic E-state index is 12.9. The Morgan fingerprint density at radius 1 is 0.960 bits per heavy atom. The summed E-state index contributed by atoms with van der Waals surface area (Å²) >= 11 is 0. The molecule has 0 aliphatic heterocycles. The average Bonchev–Trinajstić information content (AvgIpc) is 2.32. The summed E-state index contributed by atoms with van der Waals surface area (Å²) in [6, 6.07) is 0. The minimum Gasteiger partial charge on any atom is -0.462 e. The molecular formula is C16H26F6O3. The Kier molecular flexibility index (Phi) is 7.41. The number of halogens is 6. The zero-order valence-corrected chi connectivity index (χ0v) is 15.2. The second-order valence-corrected chi connectivity index (χ2v) is 7.84. The van der Waals surface area contributed by atoms with Crippen molar-refractivity contribution >= 4 is 5.97 Å². The molecule has 0 aromatic heterocycles. The van der Waals surface area contributed by atoms with Gasteiger partial charge in [-0.3, -0.25) is 4.79 Å². The van der Waals surface area contributed by atoms with E-state index >= 15 is 0 Å². The molecule has 0 aromatic carbocycles. The number of hydrogen-bond donors (Lipinski definition) is 1. The van der Waals surface area contributed by atoms with E-state index in [9.17, 15) is 36.2 Å². The van der Waals surface area contributed by atoms with Crippen molar-refractivity contribution in [2.45, 2.75) is 78.4 Å². The van der Waals surface area contributed by atoms with Crippen LogP contribution in [0.15, 0.2) is 0 Å². The van der Waals surface area contributed by atoms with Gasteiger partial charge in [-0.2, -0.15) is 26.3 Å². The van der Waals surface area contributed by atoms with Crippen molar-refractivity contribution < 1.29 is 41.0 Å². The van der Waals surface area contributed by atoms with Crippen molar-refractivity contribution in [3.05, 3.63) is 0 Å². The van der Waals surface area contributed by atoms with Crippen molar-refractivity contribution in [1.29, 1.82) is 0 Å². The van der Waals surface area contributed by atoms with Crippen LogP contribution in [-0.4, -0.2) is 35.1 Å². The van der Waals surface area contributed by atoms with Crippen LogP contribution in [0.25, 0.3) is 0 Å². The molecule has 9 heteroatoms. The lowest BCUT2D eigenvalue weighted by Crippen LogP contribution is -2.58. The van der Waals surface area contributed by atoms with Crippen LogP contribution in [0.1, 0.15) is 54.4 Å². The standard InChI is InChI=1S/C16H26F6O3/c1-9(2)7-11(25-12(23)10(3)13(4,5)6)8-14(24,15(17,18)19)16(20,21)22/h9-11,24H,7-8H2,1-6H3. The molecule has 2 atom stereocenters. The first-order valence-corrected chi connectivity index (χ1v) is 7.89. The molecule has 0 aliphatic rings. The number of alkyl halides is 6. The first kappa shape index (κ1) is 24.0.